The number of hydrogen-bond acceptors (Lipinski definition) is 4. The number of fused-ring (bicyclic) bond motifs is 1. The van der Waals surface area contributed by atoms with Gasteiger partial charge >= 0.3 is 0 Å². The Hall–Kier alpha value is -1.85. The van der Waals surface area contributed by atoms with E-state index in [0.717, 1.165) is 5.56 Å². The van der Waals surface area contributed by atoms with E-state index in [2.05, 4.69) is 9.97 Å². The van der Waals surface area contributed by atoms with Crippen LogP contribution in [0.5, 0.6) is 0 Å². The summed E-state index contributed by atoms with van der Waals surface area (Å²) in [5.74, 6) is 0.160. The maximum Gasteiger partial charge on any atom is 0.257 e. The topological polar surface area (TPSA) is 73.8 Å². The molecule has 0 fully saturated rings. The van der Waals surface area contributed by atoms with Gasteiger partial charge in [0.15, 0.2) is 11.6 Å². The molecule has 2 heterocycles. The maximum absolute atomic E-state index is 12.0. The van der Waals surface area contributed by atoms with E-state index in [9.17, 15) is 4.79 Å². The van der Waals surface area contributed by atoms with Gasteiger partial charge in [0.2, 0.25) is 0 Å². The maximum atomic E-state index is 12.0. The second-order valence-corrected chi connectivity index (χ2v) is 3.23. The first kappa shape index (κ1) is 9.70. The zero-order valence-corrected chi connectivity index (χ0v) is 8.56. The number of nitrogen functional groups attached to an aromatic ring is 1. The summed E-state index contributed by atoms with van der Waals surface area (Å²) in [7, 11) is 1.59. The van der Waals surface area contributed by atoms with Gasteiger partial charge in [-0.05, 0) is 18.6 Å². The SMILES string of the molecule is C[B]n1c(N)nc2nccc(C)c2c1=O. The van der Waals surface area contributed by atoms with Crippen LogP contribution in [0.3, 0.4) is 0 Å². The lowest BCUT2D eigenvalue weighted by Gasteiger charge is -2.07. The first-order valence-corrected chi connectivity index (χ1v) is 4.58. The van der Waals surface area contributed by atoms with E-state index in [0.29, 0.717) is 11.0 Å². The van der Waals surface area contributed by atoms with Crippen molar-refractivity contribution in [3.63, 3.8) is 0 Å². The monoisotopic (exact) mass is 201 g/mol. The molecule has 0 unspecified atom stereocenters. The third-order valence-electron chi connectivity index (χ3n) is 2.30. The predicted octanol–water partition coefficient (Wildman–Crippen LogP) is 0.198. The molecule has 0 amide bonds. The summed E-state index contributed by atoms with van der Waals surface area (Å²) in [5.41, 5.74) is 6.71. The molecule has 5 nitrogen and oxygen atoms in total. The Morgan fingerprint density at radius 2 is 2.27 bits per heavy atom. The van der Waals surface area contributed by atoms with E-state index in [1.807, 2.05) is 6.92 Å². The Bertz CT molecular complexity index is 578. The van der Waals surface area contributed by atoms with Crippen LogP contribution < -0.4 is 11.3 Å². The number of pyridine rings is 1. The number of hydrogen-bond donors (Lipinski definition) is 1. The normalized spacial score (nSPS) is 10.5. The van der Waals surface area contributed by atoms with Crippen molar-refractivity contribution in [2.24, 2.45) is 0 Å². The highest BCUT2D eigenvalue weighted by atomic mass is 16.1. The molecule has 15 heavy (non-hydrogen) atoms. The van der Waals surface area contributed by atoms with E-state index in [1.165, 1.54) is 4.48 Å². The van der Waals surface area contributed by atoms with Crippen molar-refractivity contribution in [2.75, 3.05) is 5.73 Å². The molecule has 2 rings (SSSR count). The van der Waals surface area contributed by atoms with E-state index in [-0.39, 0.29) is 11.5 Å². The molecule has 0 spiro atoms. The zero-order chi connectivity index (χ0) is 11.0. The minimum atomic E-state index is -0.175. The average molecular weight is 201 g/mol. The molecule has 0 atom stereocenters. The van der Waals surface area contributed by atoms with Crippen molar-refractivity contribution in [3.05, 3.63) is 28.2 Å². The summed E-state index contributed by atoms with van der Waals surface area (Å²) in [6, 6.07) is 1.78. The molecule has 2 aromatic rings. The third kappa shape index (κ3) is 1.38. The van der Waals surface area contributed by atoms with Crippen molar-refractivity contribution in [1.29, 1.82) is 0 Å². The molecule has 75 valence electrons. The van der Waals surface area contributed by atoms with Crippen LogP contribution in [0, 0.1) is 6.92 Å². The van der Waals surface area contributed by atoms with Gasteiger partial charge in [-0.1, -0.05) is 6.82 Å². The molecule has 1 radical (unpaired) electrons. The lowest BCUT2D eigenvalue weighted by molar-refractivity contribution is 1.07. The number of nitrogens with zero attached hydrogens (tertiary/aromatic N) is 3. The van der Waals surface area contributed by atoms with Crippen molar-refractivity contribution < 1.29 is 0 Å². The van der Waals surface area contributed by atoms with Crippen LogP contribution in [0.1, 0.15) is 5.56 Å². The van der Waals surface area contributed by atoms with Crippen molar-refractivity contribution in [3.8, 4) is 0 Å². The summed E-state index contributed by atoms with van der Waals surface area (Å²) in [5, 5.41) is 0.518. The molecule has 0 bridgehead atoms. The van der Waals surface area contributed by atoms with Crippen molar-refractivity contribution in [1.82, 2.24) is 14.4 Å². The molecule has 0 aliphatic carbocycles. The van der Waals surface area contributed by atoms with Crippen molar-refractivity contribution >= 4 is 24.4 Å². The van der Waals surface area contributed by atoms with Crippen LogP contribution in [-0.4, -0.2) is 21.9 Å². The number of nitrogens with two attached hydrogens (primary N) is 1. The Balaban J connectivity index is 2.99. The summed E-state index contributed by atoms with van der Waals surface area (Å²) in [4.78, 5) is 20.1. The molecular weight excluding hydrogens is 191 g/mol. The summed E-state index contributed by atoms with van der Waals surface area (Å²) < 4.78 is 1.32. The second-order valence-electron chi connectivity index (χ2n) is 3.23. The number of anilines is 1. The molecule has 0 aromatic carbocycles. The fraction of sp³-hybridized carbons (Fsp3) is 0.222. The number of aryl methyl sites for hydroxylation is 1. The van der Waals surface area contributed by atoms with Crippen molar-refractivity contribution in [2.45, 2.75) is 13.7 Å². The summed E-state index contributed by atoms with van der Waals surface area (Å²) >= 11 is 0. The Morgan fingerprint density at radius 3 is 2.93 bits per heavy atom. The van der Waals surface area contributed by atoms with Gasteiger partial charge in [0.1, 0.15) is 0 Å². The first-order valence-electron chi connectivity index (χ1n) is 4.58. The van der Waals surface area contributed by atoms with Gasteiger partial charge in [-0.3, -0.25) is 4.79 Å². The van der Waals surface area contributed by atoms with Gasteiger partial charge in [0.05, 0.1) is 5.39 Å². The molecule has 0 aliphatic heterocycles. The summed E-state index contributed by atoms with van der Waals surface area (Å²) in [6.07, 6.45) is 1.61. The van der Waals surface area contributed by atoms with Gasteiger partial charge in [0.25, 0.3) is 13.0 Å². The van der Waals surface area contributed by atoms with Gasteiger partial charge in [0, 0.05) is 6.20 Å². The highest BCUT2D eigenvalue weighted by Crippen LogP contribution is 2.10. The van der Waals surface area contributed by atoms with Crippen LogP contribution in [0.15, 0.2) is 17.1 Å². The lowest BCUT2D eigenvalue weighted by Crippen LogP contribution is -2.27. The lowest BCUT2D eigenvalue weighted by atomic mass is 9.99. The molecule has 0 saturated heterocycles. The average Bonchev–Trinajstić information content (AvgIpc) is 2.17. The standard InChI is InChI=1S/C9H10BN4O/c1-5-3-4-12-7-6(5)8(15)14(10-2)9(11)13-7/h3-4H,1-2H3,(H2,11,12,13). The second kappa shape index (κ2) is 3.38. The van der Waals surface area contributed by atoms with Crippen LogP contribution in [-0.2, 0) is 0 Å². The van der Waals surface area contributed by atoms with E-state index >= 15 is 0 Å². The summed E-state index contributed by atoms with van der Waals surface area (Å²) in [6.45, 7) is 3.58. The molecule has 0 saturated carbocycles. The van der Waals surface area contributed by atoms with Crippen LogP contribution >= 0.6 is 0 Å². The molecule has 2 aromatic heterocycles. The fourth-order valence-corrected chi connectivity index (χ4v) is 1.53. The van der Waals surface area contributed by atoms with E-state index < -0.39 is 0 Å². The Kier molecular flexibility index (Phi) is 2.19. The van der Waals surface area contributed by atoms with Gasteiger partial charge in [-0.15, -0.1) is 0 Å². The fourth-order valence-electron chi connectivity index (χ4n) is 1.53. The van der Waals surface area contributed by atoms with Crippen LogP contribution in [0.2, 0.25) is 6.82 Å². The third-order valence-corrected chi connectivity index (χ3v) is 2.30. The zero-order valence-electron chi connectivity index (χ0n) is 8.56. The minimum Gasteiger partial charge on any atom is -0.370 e. The Labute approximate surface area is 87.2 Å². The van der Waals surface area contributed by atoms with Crippen LogP contribution in [0.25, 0.3) is 11.0 Å². The smallest absolute Gasteiger partial charge is 0.257 e. The van der Waals surface area contributed by atoms with E-state index in [4.69, 9.17) is 5.73 Å². The highest BCUT2D eigenvalue weighted by Gasteiger charge is 2.09. The van der Waals surface area contributed by atoms with Gasteiger partial charge in [-0.25, -0.2) is 4.98 Å². The quantitative estimate of drug-likeness (QED) is 0.668. The molecular formula is C9H10BN4O. The first-order chi connectivity index (χ1) is 7.15. The molecule has 6 heteroatoms. The number of aromatic nitrogens is 3. The largest absolute Gasteiger partial charge is 0.370 e. The van der Waals surface area contributed by atoms with Crippen LogP contribution in [0.4, 0.5) is 5.95 Å². The number of rotatable bonds is 1. The molecule has 0 aliphatic rings. The van der Waals surface area contributed by atoms with Gasteiger partial charge in [-0.2, -0.15) is 4.98 Å². The van der Waals surface area contributed by atoms with E-state index in [1.54, 1.807) is 26.5 Å². The minimum absolute atomic E-state index is 0.160. The highest BCUT2D eigenvalue weighted by molar-refractivity contribution is 6.32. The molecule has 2 N–H and O–H groups in total. The Morgan fingerprint density at radius 1 is 1.53 bits per heavy atom. The van der Waals surface area contributed by atoms with Gasteiger partial charge < -0.3 is 10.2 Å². The predicted molar refractivity (Wildman–Crippen MR) is 60.0 cm³/mol.